The largest absolute Gasteiger partial charge is 0.494 e. The number of aromatic nitrogens is 6. The van der Waals surface area contributed by atoms with E-state index >= 15 is 0 Å². The standard InChI is InChI=1S/C26H34N4O3.C25H40BNO5.C7H6BrN3/c1-17(2)26(16-25(5,6)32)13-14-29(24(31)33-26)18(3)20-7-9-21(10-8-20)22-11-12-23-27-19(4)28-30(23)15-22;1-17(2)25(16-22(4,5)29)14-15-27(21(28)30-25)18(3)19-10-12-20(13-11-19)26-31-23(6,7)24(8,9)32-26;1-5-9-7-3-2-6(8)4-11(7)10-5/h7-12,15,17-18,32H,13-14,16H2,1-6H3;10-13,17-18,29H,14-16H2,1-9H3;2-4H,1H3/t18-,26-;18-,25-;/m00./s1. The van der Waals surface area contributed by atoms with Crippen molar-refractivity contribution in [1.29, 1.82) is 0 Å². The summed E-state index contributed by atoms with van der Waals surface area (Å²) in [6, 6.07) is 24.0. The molecule has 3 aliphatic rings. The van der Waals surface area contributed by atoms with Crippen LogP contribution >= 0.6 is 15.9 Å². The average Bonchev–Trinajstić information content (AvgIpc) is 3.96. The predicted octanol–water partition coefficient (Wildman–Crippen LogP) is 11.4. The molecule has 4 aromatic heterocycles. The van der Waals surface area contributed by atoms with E-state index in [2.05, 4.69) is 74.2 Å². The molecule has 2 amide bonds. The summed E-state index contributed by atoms with van der Waals surface area (Å²) in [5.74, 6) is 1.78. The van der Waals surface area contributed by atoms with Crippen LogP contribution in [-0.2, 0) is 18.8 Å². The van der Waals surface area contributed by atoms with Gasteiger partial charge < -0.3 is 38.8 Å². The average molecular weight is 1110 g/mol. The molecule has 0 spiro atoms. The maximum absolute atomic E-state index is 13.0. The van der Waals surface area contributed by atoms with Crippen LogP contribution in [0.5, 0.6) is 0 Å². The number of hydrogen-bond donors (Lipinski definition) is 2. The van der Waals surface area contributed by atoms with Crippen LogP contribution in [0.1, 0.15) is 157 Å². The molecule has 0 radical (unpaired) electrons. The lowest BCUT2D eigenvalue weighted by molar-refractivity contribution is -0.120. The van der Waals surface area contributed by atoms with Crippen molar-refractivity contribution < 1.29 is 38.6 Å². The molecule has 0 aliphatic carbocycles. The highest BCUT2D eigenvalue weighted by molar-refractivity contribution is 9.10. The number of amides is 2. The second-order valence-electron chi connectivity index (χ2n) is 24.0. The number of aryl methyl sites for hydroxylation is 2. The van der Waals surface area contributed by atoms with Crippen molar-refractivity contribution in [2.75, 3.05) is 13.1 Å². The SMILES string of the molecule is CC(C)[C@@]1(CC(C)(C)O)CCN([C@@H](C)c2ccc(B3OC(C)(C)C(C)(C)O3)cc2)C(=O)O1.Cc1nc2ccc(-c3ccc([C@H](C)N4CC[C@](CC(C)(C)O)(C(C)C)OC4=O)cc3)cn2n1.Cc1nc2ccc(Br)cn2n1. The molecule has 410 valence electrons. The van der Waals surface area contributed by atoms with Crippen molar-refractivity contribution in [3.05, 3.63) is 112 Å². The number of hydrogen-bond acceptors (Lipinski definition) is 12. The van der Waals surface area contributed by atoms with Gasteiger partial charge in [0.25, 0.3) is 0 Å². The van der Waals surface area contributed by atoms with Crippen molar-refractivity contribution in [1.82, 2.24) is 39.0 Å². The number of ether oxygens (including phenoxy) is 2. The number of fused-ring (bicyclic) bond motifs is 2. The summed E-state index contributed by atoms with van der Waals surface area (Å²) < 4.78 is 28.9. The number of cyclic esters (lactones) is 2. The molecule has 2 aromatic carbocycles. The summed E-state index contributed by atoms with van der Waals surface area (Å²) in [7, 11) is -0.405. The Labute approximate surface area is 458 Å². The van der Waals surface area contributed by atoms with E-state index in [9.17, 15) is 19.8 Å². The predicted molar refractivity (Wildman–Crippen MR) is 300 cm³/mol. The third-order valence-corrected chi connectivity index (χ3v) is 16.1. The van der Waals surface area contributed by atoms with E-state index in [0.29, 0.717) is 38.8 Å². The second kappa shape index (κ2) is 22.2. The molecular formula is C58H80BBrN8O8. The number of carbonyl (C=O) groups is 2. The smallest absolute Gasteiger partial charge is 0.442 e. The summed E-state index contributed by atoms with van der Waals surface area (Å²) in [5, 5.41) is 29.3. The molecule has 2 N–H and O–H groups in total. The zero-order valence-electron chi connectivity index (χ0n) is 47.5. The van der Waals surface area contributed by atoms with Gasteiger partial charge in [0.15, 0.2) is 11.3 Å². The molecule has 0 saturated carbocycles. The van der Waals surface area contributed by atoms with Crippen LogP contribution in [0.4, 0.5) is 9.59 Å². The van der Waals surface area contributed by atoms with Crippen LogP contribution in [0, 0.1) is 25.7 Å². The Morgan fingerprint density at radius 2 is 1.00 bits per heavy atom. The molecule has 4 atom stereocenters. The van der Waals surface area contributed by atoms with Gasteiger partial charge in [-0.1, -0.05) is 76.2 Å². The normalized spacial score (nSPS) is 21.5. The lowest BCUT2D eigenvalue weighted by atomic mass is 9.77. The first-order valence-corrected chi connectivity index (χ1v) is 27.4. The Morgan fingerprint density at radius 3 is 1.41 bits per heavy atom. The van der Waals surface area contributed by atoms with Crippen molar-refractivity contribution in [2.45, 2.75) is 182 Å². The van der Waals surface area contributed by atoms with Gasteiger partial charge in [-0.3, -0.25) is 0 Å². The fourth-order valence-corrected chi connectivity index (χ4v) is 10.7. The van der Waals surface area contributed by atoms with Gasteiger partial charge in [0.2, 0.25) is 0 Å². The van der Waals surface area contributed by atoms with E-state index in [-0.39, 0.29) is 47.3 Å². The number of benzene rings is 2. The lowest BCUT2D eigenvalue weighted by Crippen LogP contribution is -2.55. The van der Waals surface area contributed by atoms with Crippen LogP contribution < -0.4 is 5.46 Å². The van der Waals surface area contributed by atoms with Crippen LogP contribution in [0.15, 0.2) is 89.7 Å². The number of nitrogens with zero attached hydrogens (tertiary/aromatic N) is 8. The van der Waals surface area contributed by atoms with Crippen LogP contribution in [-0.4, -0.2) is 115 Å². The van der Waals surface area contributed by atoms with Crippen molar-refractivity contribution in [2.24, 2.45) is 11.8 Å². The van der Waals surface area contributed by atoms with Crippen LogP contribution in [0.25, 0.3) is 22.4 Å². The molecule has 7 heterocycles. The fraction of sp³-hybridized carbons (Fsp3) is 0.552. The Morgan fingerprint density at radius 1 is 0.605 bits per heavy atom. The minimum Gasteiger partial charge on any atom is -0.442 e. The van der Waals surface area contributed by atoms with Gasteiger partial charge in [0.1, 0.15) is 22.9 Å². The minimum atomic E-state index is -0.901. The van der Waals surface area contributed by atoms with E-state index in [1.807, 2.05) is 130 Å². The van der Waals surface area contributed by atoms with E-state index in [1.54, 1.807) is 46.5 Å². The van der Waals surface area contributed by atoms with E-state index < -0.39 is 29.5 Å². The van der Waals surface area contributed by atoms with E-state index in [0.717, 1.165) is 55.1 Å². The molecule has 0 unspecified atom stereocenters. The van der Waals surface area contributed by atoms with Crippen molar-refractivity contribution in [3.63, 3.8) is 0 Å². The highest BCUT2D eigenvalue weighted by Crippen LogP contribution is 2.42. The summed E-state index contributed by atoms with van der Waals surface area (Å²) >= 11 is 3.35. The van der Waals surface area contributed by atoms with E-state index in [1.165, 1.54) is 0 Å². The molecule has 0 bridgehead atoms. The number of pyridine rings is 2. The van der Waals surface area contributed by atoms with Crippen molar-refractivity contribution >= 4 is 52.0 Å². The molecule has 76 heavy (non-hydrogen) atoms. The topological polar surface area (TPSA) is 178 Å². The lowest BCUT2D eigenvalue weighted by Gasteiger charge is -2.47. The molecule has 18 heteroatoms. The maximum atomic E-state index is 13.0. The third kappa shape index (κ3) is 13.3. The summed E-state index contributed by atoms with van der Waals surface area (Å²) in [5.41, 5.74) is 3.02. The van der Waals surface area contributed by atoms with Gasteiger partial charge in [-0.15, -0.1) is 0 Å². The number of halogens is 1. The molecule has 16 nitrogen and oxygen atoms in total. The van der Waals surface area contributed by atoms with Gasteiger partial charge >= 0.3 is 19.3 Å². The quantitative estimate of drug-likeness (QED) is 0.111. The molecule has 9 rings (SSSR count). The van der Waals surface area contributed by atoms with Crippen LogP contribution in [0.2, 0.25) is 0 Å². The minimum absolute atomic E-state index is 0.112. The highest BCUT2D eigenvalue weighted by Gasteiger charge is 2.52. The van der Waals surface area contributed by atoms with E-state index in [4.69, 9.17) is 18.8 Å². The number of carbonyl (C=O) groups excluding carboxylic acids is 2. The Bertz CT molecular complexity index is 2970. The first kappa shape index (κ1) is 58.3. The van der Waals surface area contributed by atoms with Gasteiger partial charge in [-0.05, 0) is 157 Å². The van der Waals surface area contributed by atoms with Crippen molar-refractivity contribution in [3.8, 4) is 11.1 Å². The summed E-state index contributed by atoms with van der Waals surface area (Å²) in [6.07, 6.45) is 5.46. The fourth-order valence-electron chi connectivity index (χ4n) is 10.4. The molecule has 6 aromatic rings. The van der Waals surface area contributed by atoms with Gasteiger partial charge in [0.05, 0.1) is 34.5 Å². The van der Waals surface area contributed by atoms with Gasteiger partial charge in [-0.2, -0.15) is 10.2 Å². The van der Waals surface area contributed by atoms with Gasteiger partial charge in [-0.25, -0.2) is 28.6 Å². The zero-order chi connectivity index (χ0) is 55.9. The molecule has 3 aliphatic heterocycles. The van der Waals surface area contributed by atoms with Gasteiger partial charge in [0, 0.05) is 61.2 Å². The first-order chi connectivity index (χ1) is 35.3. The molecule has 3 saturated heterocycles. The summed E-state index contributed by atoms with van der Waals surface area (Å²) in [4.78, 5) is 38.2. The second-order valence-corrected chi connectivity index (χ2v) is 24.9. The summed E-state index contributed by atoms with van der Waals surface area (Å²) in [6.45, 7) is 32.4. The Kier molecular flexibility index (Phi) is 17.0. The number of aliphatic hydroxyl groups is 2. The third-order valence-electron chi connectivity index (χ3n) is 15.6. The zero-order valence-corrected chi connectivity index (χ0v) is 49.1. The maximum Gasteiger partial charge on any atom is 0.494 e. The molecular weight excluding hydrogens is 1030 g/mol. The monoisotopic (exact) mass is 1110 g/mol. The Hall–Kier alpha value is -5.40. The number of rotatable bonds is 12. The highest BCUT2D eigenvalue weighted by atomic mass is 79.9. The first-order valence-electron chi connectivity index (χ1n) is 26.6. The molecule has 3 fully saturated rings. The Balaban J connectivity index is 0.000000184. The van der Waals surface area contributed by atoms with Crippen LogP contribution in [0.3, 0.4) is 0 Å².